The lowest BCUT2D eigenvalue weighted by Gasteiger charge is -2.31. The normalized spacial score (nSPS) is 19.9. The molecular formula is C56H42O12. The Morgan fingerprint density at radius 1 is 0.309 bits per heavy atom. The van der Waals surface area contributed by atoms with E-state index in [1.165, 1.54) is 60.7 Å². The molecule has 0 radical (unpaired) electrons. The van der Waals surface area contributed by atoms with Crippen LogP contribution in [0.5, 0.6) is 69.0 Å². The molecule has 11 rings (SSSR count). The van der Waals surface area contributed by atoms with Crippen molar-refractivity contribution in [2.75, 3.05) is 0 Å². The third-order valence-electron chi connectivity index (χ3n) is 13.4. The lowest BCUT2D eigenvalue weighted by atomic mass is 9.72. The molecule has 2 aliphatic heterocycles. The Bertz CT molecular complexity index is 3310. The van der Waals surface area contributed by atoms with E-state index in [9.17, 15) is 51.1 Å². The van der Waals surface area contributed by atoms with Crippen LogP contribution in [0.25, 0.3) is 12.2 Å². The van der Waals surface area contributed by atoms with Crippen LogP contribution in [0.15, 0.2) is 146 Å². The number of fused-ring (bicyclic) bond motifs is 3. The van der Waals surface area contributed by atoms with E-state index < -0.39 is 35.9 Å². The summed E-state index contributed by atoms with van der Waals surface area (Å²) in [4.78, 5) is 0. The minimum absolute atomic E-state index is 0.00509. The van der Waals surface area contributed by atoms with Crippen molar-refractivity contribution in [1.82, 2.24) is 0 Å². The molecule has 3 aliphatic rings. The van der Waals surface area contributed by atoms with Gasteiger partial charge in [0.1, 0.15) is 81.2 Å². The maximum Gasteiger partial charge on any atom is 0.135 e. The molecule has 12 nitrogen and oxygen atoms in total. The molecule has 1 aliphatic carbocycles. The molecule has 12 heteroatoms. The van der Waals surface area contributed by atoms with Gasteiger partial charge in [-0.25, -0.2) is 0 Å². The van der Waals surface area contributed by atoms with Gasteiger partial charge in [-0.3, -0.25) is 0 Å². The first kappa shape index (κ1) is 41.8. The topological polar surface area (TPSA) is 221 Å². The molecule has 0 saturated heterocycles. The first-order valence-corrected chi connectivity index (χ1v) is 21.8. The maximum absolute atomic E-state index is 12.1. The lowest BCUT2D eigenvalue weighted by molar-refractivity contribution is 0.221. The van der Waals surface area contributed by atoms with Crippen molar-refractivity contribution in [2.45, 2.75) is 35.9 Å². The van der Waals surface area contributed by atoms with Crippen molar-refractivity contribution < 1.29 is 60.5 Å². The fourth-order valence-corrected chi connectivity index (χ4v) is 10.6. The summed E-state index contributed by atoms with van der Waals surface area (Å²) in [6.07, 6.45) is 2.15. The molecule has 0 amide bonds. The Kier molecular flexibility index (Phi) is 9.78. The van der Waals surface area contributed by atoms with E-state index in [1.54, 1.807) is 97.1 Å². The summed E-state index contributed by atoms with van der Waals surface area (Å²) in [5.41, 5.74) is 6.91. The Hall–Kier alpha value is -8.90. The average Bonchev–Trinajstić information content (AvgIpc) is 3.84. The van der Waals surface area contributed by atoms with E-state index >= 15 is 0 Å². The fraction of sp³-hybridized carbons (Fsp3) is 0.107. The van der Waals surface area contributed by atoms with Crippen LogP contribution < -0.4 is 9.47 Å². The number of phenols is 10. The minimum atomic E-state index is -0.859. The molecule has 68 heavy (non-hydrogen) atoms. The predicted octanol–water partition coefficient (Wildman–Crippen LogP) is 10.7. The Morgan fingerprint density at radius 2 is 0.809 bits per heavy atom. The van der Waals surface area contributed by atoms with Gasteiger partial charge in [0.05, 0.1) is 11.8 Å². The van der Waals surface area contributed by atoms with Gasteiger partial charge >= 0.3 is 0 Å². The summed E-state index contributed by atoms with van der Waals surface area (Å²) in [5.74, 6) is -3.17. The molecule has 338 valence electrons. The highest BCUT2D eigenvalue weighted by atomic mass is 16.5. The fourth-order valence-electron chi connectivity index (χ4n) is 10.6. The monoisotopic (exact) mass is 906 g/mol. The van der Waals surface area contributed by atoms with Crippen molar-refractivity contribution in [3.05, 3.63) is 212 Å². The summed E-state index contributed by atoms with van der Waals surface area (Å²) in [6, 6.07) is 38.0. The number of benzene rings is 8. The van der Waals surface area contributed by atoms with Gasteiger partial charge in [0, 0.05) is 58.4 Å². The molecule has 8 aromatic rings. The zero-order valence-corrected chi connectivity index (χ0v) is 35.8. The van der Waals surface area contributed by atoms with Crippen molar-refractivity contribution in [1.29, 1.82) is 0 Å². The lowest BCUT2D eigenvalue weighted by Crippen LogP contribution is -2.16. The quantitative estimate of drug-likeness (QED) is 0.0675. The number of hydrogen-bond acceptors (Lipinski definition) is 12. The van der Waals surface area contributed by atoms with Crippen LogP contribution in [0.1, 0.15) is 103 Å². The second-order valence-corrected chi connectivity index (χ2v) is 17.6. The number of rotatable bonds is 7. The highest BCUT2D eigenvalue weighted by Gasteiger charge is 2.48. The first-order chi connectivity index (χ1) is 32.8. The van der Waals surface area contributed by atoms with Crippen molar-refractivity contribution >= 4 is 12.2 Å². The molecular weight excluding hydrogens is 865 g/mol. The first-order valence-electron chi connectivity index (χ1n) is 21.8. The standard InChI is InChI=1S/C56H42O12/c57-33-10-4-28(5-11-33)49-51(42-23-40(64)26-47-53(42)54(43-22-39(63)24-45(66)52(43)49)56(68-47)30-8-14-35(59)15-9-30)41-17-27(2-16-44(41)65)1-3-31-18-38(62)25-46-48(31)50(32-19-36(60)21-37(61)20-32)55(67-46)29-6-12-34(58)13-7-29/h1-26,49-51,54-66H/b3-1-/t49-,50-,51?,54+,55+,56-/m0/s1. The maximum atomic E-state index is 12.1. The Labute approximate surface area is 388 Å². The summed E-state index contributed by atoms with van der Waals surface area (Å²) < 4.78 is 13.2. The van der Waals surface area contributed by atoms with E-state index in [2.05, 4.69) is 0 Å². The highest BCUT2D eigenvalue weighted by Crippen LogP contribution is 2.63. The minimum Gasteiger partial charge on any atom is -0.508 e. The number of hydrogen-bond donors (Lipinski definition) is 10. The van der Waals surface area contributed by atoms with Crippen LogP contribution >= 0.6 is 0 Å². The molecule has 0 fully saturated rings. The second-order valence-electron chi connectivity index (χ2n) is 17.6. The molecule has 0 saturated carbocycles. The number of ether oxygens (including phenoxy) is 2. The molecule has 0 spiro atoms. The number of aromatic hydroxyl groups is 10. The van der Waals surface area contributed by atoms with Crippen molar-refractivity contribution in [3.63, 3.8) is 0 Å². The van der Waals surface area contributed by atoms with Gasteiger partial charge in [-0.1, -0.05) is 54.6 Å². The summed E-state index contributed by atoms with van der Waals surface area (Å²) in [6.45, 7) is 0. The van der Waals surface area contributed by atoms with Gasteiger partial charge < -0.3 is 60.5 Å². The highest BCUT2D eigenvalue weighted by molar-refractivity contribution is 5.77. The largest absolute Gasteiger partial charge is 0.508 e. The summed E-state index contributed by atoms with van der Waals surface area (Å²) in [5, 5.41) is 110. The number of phenolic OH excluding ortho intramolecular Hbond substituents is 10. The van der Waals surface area contributed by atoms with Gasteiger partial charge in [0.2, 0.25) is 0 Å². The average molecular weight is 907 g/mol. The van der Waals surface area contributed by atoms with Crippen molar-refractivity contribution in [3.8, 4) is 69.0 Å². The Morgan fingerprint density at radius 3 is 1.41 bits per heavy atom. The van der Waals surface area contributed by atoms with E-state index in [4.69, 9.17) is 9.47 Å². The zero-order chi connectivity index (χ0) is 47.1. The van der Waals surface area contributed by atoms with Gasteiger partial charge in [-0.2, -0.15) is 0 Å². The molecule has 0 bridgehead atoms. The molecule has 2 heterocycles. The summed E-state index contributed by atoms with van der Waals surface area (Å²) >= 11 is 0. The second kappa shape index (κ2) is 15.9. The smallest absolute Gasteiger partial charge is 0.135 e. The zero-order valence-electron chi connectivity index (χ0n) is 35.8. The van der Waals surface area contributed by atoms with Crippen LogP contribution in [0.2, 0.25) is 0 Å². The van der Waals surface area contributed by atoms with Gasteiger partial charge in [0.25, 0.3) is 0 Å². The third kappa shape index (κ3) is 7.10. The predicted molar refractivity (Wildman–Crippen MR) is 251 cm³/mol. The third-order valence-corrected chi connectivity index (χ3v) is 13.4. The van der Waals surface area contributed by atoms with E-state index in [-0.39, 0.29) is 57.5 Å². The van der Waals surface area contributed by atoms with Crippen LogP contribution in [-0.2, 0) is 0 Å². The van der Waals surface area contributed by atoms with Gasteiger partial charge in [0.15, 0.2) is 0 Å². The van der Waals surface area contributed by atoms with Crippen LogP contribution in [0.4, 0.5) is 0 Å². The van der Waals surface area contributed by atoms with Crippen molar-refractivity contribution in [2.24, 2.45) is 0 Å². The summed E-state index contributed by atoms with van der Waals surface area (Å²) in [7, 11) is 0. The molecule has 1 unspecified atom stereocenters. The molecule has 8 aromatic carbocycles. The van der Waals surface area contributed by atoms with E-state index in [0.717, 1.165) is 0 Å². The van der Waals surface area contributed by atoms with E-state index in [1.807, 2.05) is 0 Å². The van der Waals surface area contributed by atoms with Gasteiger partial charge in [-0.15, -0.1) is 0 Å². The van der Waals surface area contributed by atoms with Gasteiger partial charge in [-0.05, 0) is 123 Å². The molecule has 6 atom stereocenters. The van der Waals surface area contributed by atoms with Crippen LogP contribution in [-0.4, -0.2) is 51.1 Å². The van der Waals surface area contributed by atoms with Crippen LogP contribution in [0, 0.1) is 0 Å². The van der Waals surface area contributed by atoms with Crippen LogP contribution in [0.3, 0.4) is 0 Å². The molecule has 0 aromatic heterocycles. The SMILES string of the molecule is Oc1ccc([C@@H]2c3c(O)cc(O)cc3[C@@H]3c4c(cc(O)cc4C2c2cc(/C=C\c4cc(O)cc5c4[C@H](c4cc(O)cc(O)c4)[C@@H](c4ccc(O)cc4)O5)ccc2O)O[C@H]3c2ccc(O)cc2)cc1. The Balaban J connectivity index is 1.10. The van der Waals surface area contributed by atoms with E-state index in [0.29, 0.717) is 78.3 Å². The molecule has 10 N–H and O–H groups in total.